The molecule has 0 saturated heterocycles. The minimum Gasteiger partial charge on any atom is -0.246 e. The van der Waals surface area contributed by atoms with Crippen LogP contribution < -0.4 is 0 Å². The van der Waals surface area contributed by atoms with E-state index < -0.39 is 5.97 Å². The highest BCUT2D eigenvalue weighted by atomic mass is 32.1. The molecule has 0 unspecified atom stereocenters. The maximum Gasteiger partial charge on any atom is 0.365 e. The van der Waals surface area contributed by atoms with Gasteiger partial charge in [0.1, 0.15) is 0 Å². The summed E-state index contributed by atoms with van der Waals surface area (Å²) in [5.74, 6) is -1.33. The van der Waals surface area contributed by atoms with Gasteiger partial charge in [-0.3, -0.25) is 0 Å². The van der Waals surface area contributed by atoms with Gasteiger partial charge < -0.3 is 0 Å². The van der Waals surface area contributed by atoms with E-state index in [1.165, 1.54) is 0 Å². The van der Waals surface area contributed by atoms with E-state index in [0.29, 0.717) is 0 Å². The van der Waals surface area contributed by atoms with Gasteiger partial charge in [-0.15, -0.1) is 0 Å². The largest absolute Gasteiger partial charge is 0.365 e. The molecule has 5 heavy (non-hydrogen) atoms. The lowest BCUT2D eigenvalue weighted by atomic mass is 10.8. The highest BCUT2D eigenvalue weighted by molar-refractivity contribution is 7.81. The van der Waals surface area contributed by atoms with Crippen LogP contribution in [0.3, 0.4) is 0 Å². The van der Waals surface area contributed by atoms with Crippen LogP contribution in [0.1, 0.15) is 0 Å². The second-order valence-corrected chi connectivity index (χ2v) is 0.846. The van der Waals surface area contributed by atoms with E-state index in [-0.39, 0.29) is 5.75 Å². The van der Waals surface area contributed by atoms with Crippen LogP contribution in [0.25, 0.3) is 0 Å². The number of rotatable bonds is 1. The Morgan fingerprint density at radius 2 is 2.00 bits per heavy atom. The minimum atomic E-state index is -1.13. The van der Waals surface area contributed by atoms with Crippen molar-refractivity contribution in [1.82, 2.24) is 0 Å². The molecule has 3 heteroatoms. The quantitative estimate of drug-likeness (QED) is 0.448. The van der Waals surface area contributed by atoms with Gasteiger partial charge in [0, 0.05) is 0 Å². The van der Waals surface area contributed by atoms with Crippen LogP contribution in [0.5, 0.6) is 0 Å². The molecule has 0 N–H and O–H groups in total. The number of carbonyl (C=O) groups is 1. The Labute approximate surface area is 35.2 Å². The highest BCUT2D eigenvalue weighted by Crippen LogP contribution is 1.67. The summed E-state index contributed by atoms with van der Waals surface area (Å²) < 4.78 is 0. The Morgan fingerprint density at radius 3 is 2.00 bits per heavy atom. The minimum absolute atomic E-state index is 0.194. The molecule has 2 nitrogen and oxygen atoms in total. The SMILES string of the molecule is [O]C(=O)CS. The van der Waals surface area contributed by atoms with Crippen molar-refractivity contribution in [3.05, 3.63) is 0 Å². The van der Waals surface area contributed by atoms with Gasteiger partial charge in [0.25, 0.3) is 0 Å². The maximum absolute atomic E-state index is 9.18. The zero-order chi connectivity index (χ0) is 4.28. The van der Waals surface area contributed by atoms with Crippen molar-refractivity contribution < 1.29 is 9.90 Å². The van der Waals surface area contributed by atoms with Crippen molar-refractivity contribution in [1.29, 1.82) is 0 Å². The summed E-state index contributed by atoms with van der Waals surface area (Å²) in [7, 11) is 0. The Kier molecular flexibility index (Phi) is 2.01. The third-order valence-electron chi connectivity index (χ3n) is 0.129. The summed E-state index contributed by atoms with van der Waals surface area (Å²) in [5, 5.41) is 9.18. The molecule has 0 rings (SSSR count). The van der Waals surface area contributed by atoms with Gasteiger partial charge in [-0.1, -0.05) is 0 Å². The standard InChI is InChI=1S/C2H3O2S/c3-2(4)1-5/h5H,1H2. The summed E-state index contributed by atoms with van der Waals surface area (Å²) >= 11 is 3.35. The van der Waals surface area contributed by atoms with Crippen LogP contribution in [0.15, 0.2) is 0 Å². The summed E-state index contributed by atoms with van der Waals surface area (Å²) in [4.78, 5) is 9.18. The molecular formula is C2H3O2S. The fourth-order valence-electron chi connectivity index (χ4n) is 0. The predicted molar refractivity (Wildman–Crippen MR) is 19.5 cm³/mol. The van der Waals surface area contributed by atoms with Gasteiger partial charge in [0.05, 0.1) is 5.75 Å². The van der Waals surface area contributed by atoms with Crippen LogP contribution in [0, 0.1) is 0 Å². The van der Waals surface area contributed by atoms with Gasteiger partial charge in [0.15, 0.2) is 0 Å². The first-order chi connectivity index (χ1) is 2.27. The summed E-state index contributed by atoms with van der Waals surface area (Å²) in [6, 6.07) is 0. The molecule has 0 aliphatic rings. The number of thiol groups is 1. The van der Waals surface area contributed by atoms with Gasteiger partial charge in [0.2, 0.25) is 0 Å². The van der Waals surface area contributed by atoms with E-state index >= 15 is 0 Å². The molecule has 0 amide bonds. The third kappa shape index (κ3) is 3.82. The first kappa shape index (κ1) is 4.82. The Morgan fingerprint density at radius 1 is 1.80 bits per heavy atom. The van der Waals surface area contributed by atoms with Gasteiger partial charge in [-0.25, -0.2) is 9.90 Å². The first-order valence-corrected chi connectivity index (χ1v) is 1.71. The van der Waals surface area contributed by atoms with Crippen LogP contribution in [-0.2, 0) is 9.90 Å². The fraction of sp³-hybridized carbons (Fsp3) is 0.500. The van der Waals surface area contributed by atoms with Crippen LogP contribution in [0.4, 0.5) is 0 Å². The van der Waals surface area contributed by atoms with Crippen molar-refractivity contribution in [3.63, 3.8) is 0 Å². The smallest absolute Gasteiger partial charge is 0.246 e. The third-order valence-corrected chi connectivity index (χ3v) is 0.387. The van der Waals surface area contributed by atoms with Crippen molar-refractivity contribution in [3.8, 4) is 0 Å². The topological polar surface area (TPSA) is 37.0 Å². The summed E-state index contributed by atoms with van der Waals surface area (Å²) in [6.45, 7) is 0. The predicted octanol–water partition coefficient (Wildman–Crippen LogP) is -0.127. The highest BCUT2D eigenvalue weighted by Gasteiger charge is 1.86. The van der Waals surface area contributed by atoms with E-state index in [2.05, 4.69) is 12.6 Å². The van der Waals surface area contributed by atoms with Crippen molar-refractivity contribution >= 4 is 18.6 Å². The molecule has 0 aromatic heterocycles. The Bertz CT molecular complexity index is 42.9. The summed E-state index contributed by atoms with van der Waals surface area (Å²) in [6.07, 6.45) is 0. The molecule has 0 heterocycles. The number of hydrogen-bond donors (Lipinski definition) is 1. The number of hydrogen-bond acceptors (Lipinski definition) is 2. The van der Waals surface area contributed by atoms with Crippen molar-refractivity contribution in [2.75, 3.05) is 5.75 Å². The van der Waals surface area contributed by atoms with Gasteiger partial charge in [-0.05, 0) is 0 Å². The molecular weight excluding hydrogens is 88.1 g/mol. The second kappa shape index (κ2) is 2.08. The Balaban J connectivity index is 2.85. The molecule has 0 aromatic carbocycles. The lowest BCUT2D eigenvalue weighted by Crippen LogP contribution is -1.90. The average Bonchev–Trinajstić information content (AvgIpc) is 1.38. The van der Waals surface area contributed by atoms with E-state index in [9.17, 15) is 9.90 Å². The number of carbonyl (C=O) groups excluding carboxylic acids is 1. The van der Waals surface area contributed by atoms with E-state index in [1.807, 2.05) is 0 Å². The van der Waals surface area contributed by atoms with Crippen molar-refractivity contribution in [2.45, 2.75) is 0 Å². The first-order valence-electron chi connectivity index (χ1n) is 1.08. The molecule has 0 saturated carbocycles. The Hall–Kier alpha value is -0.180. The molecule has 0 aliphatic heterocycles. The van der Waals surface area contributed by atoms with Gasteiger partial charge in [-0.2, -0.15) is 12.6 Å². The zero-order valence-electron chi connectivity index (χ0n) is 2.47. The van der Waals surface area contributed by atoms with Gasteiger partial charge >= 0.3 is 5.97 Å². The molecule has 0 spiro atoms. The van der Waals surface area contributed by atoms with E-state index in [1.54, 1.807) is 0 Å². The fourth-order valence-corrected chi connectivity index (χ4v) is 0. The molecule has 1 radical (unpaired) electrons. The van der Waals surface area contributed by atoms with E-state index in [4.69, 9.17) is 0 Å². The second-order valence-electron chi connectivity index (χ2n) is 0.530. The van der Waals surface area contributed by atoms with Crippen molar-refractivity contribution in [2.24, 2.45) is 0 Å². The summed E-state index contributed by atoms with van der Waals surface area (Å²) in [5.41, 5.74) is 0. The zero-order valence-corrected chi connectivity index (χ0v) is 3.37. The lowest BCUT2D eigenvalue weighted by molar-refractivity contribution is -0.139. The molecule has 29 valence electrons. The van der Waals surface area contributed by atoms with E-state index in [0.717, 1.165) is 0 Å². The van der Waals surface area contributed by atoms with Crippen LogP contribution in [0.2, 0.25) is 0 Å². The molecule has 0 bridgehead atoms. The van der Waals surface area contributed by atoms with Crippen LogP contribution >= 0.6 is 12.6 Å². The molecule has 0 atom stereocenters. The lowest BCUT2D eigenvalue weighted by Gasteiger charge is -1.65. The monoisotopic (exact) mass is 91.0 g/mol. The maximum atomic E-state index is 9.18. The average molecular weight is 91.1 g/mol. The normalized spacial score (nSPS) is 7.40. The molecule has 0 aromatic rings. The molecule has 0 fully saturated rings. The van der Waals surface area contributed by atoms with Crippen LogP contribution in [-0.4, -0.2) is 11.7 Å². The molecule has 0 aliphatic carbocycles.